The molecule has 0 fully saturated rings. The Kier molecular flexibility index (Phi) is 6.87. The van der Waals surface area contributed by atoms with Crippen LogP contribution in [0.3, 0.4) is 0 Å². The topological polar surface area (TPSA) is 109 Å². The van der Waals surface area contributed by atoms with E-state index in [-0.39, 0.29) is 22.8 Å². The van der Waals surface area contributed by atoms with Crippen molar-refractivity contribution in [3.05, 3.63) is 65.3 Å². The Balaban J connectivity index is 1.57. The van der Waals surface area contributed by atoms with E-state index in [0.717, 1.165) is 11.1 Å². The summed E-state index contributed by atoms with van der Waals surface area (Å²) in [7, 11) is 0. The van der Waals surface area contributed by atoms with Crippen molar-refractivity contribution in [1.82, 2.24) is 10.1 Å². The van der Waals surface area contributed by atoms with Gasteiger partial charge in [-0.1, -0.05) is 32.0 Å². The lowest BCUT2D eigenvalue weighted by Gasteiger charge is -2.12. The molecule has 3 N–H and O–H groups in total. The van der Waals surface area contributed by atoms with Crippen LogP contribution in [0.25, 0.3) is 0 Å². The summed E-state index contributed by atoms with van der Waals surface area (Å²) in [4.78, 5) is 27.4. The molecular weight excluding hydrogens is 413 g/mol. The SMILES string of the molecule is CC(=O)Nc1cc(CCc2ccc(NC(=O)Nc3cc(C(C)(C)C)on3)c(F)c2)ccn1. The third-order valence-electron chi connectivity index (χ3n) is 4.60. The smallest absolute Gasteiger partial charge is 0.325 e. The molecule has 3 amide bonds. The van der Waals surface area contributed by atoms with Crippen molar-refractivity contribution in [1.29, 1.82) is 0 Å². The highest BCUT2D eigenvalue weighted by atomic mass is 19.1. The van der Waals surface area contributed by atoms with Crippen LogP contribution in [0.5, 0.6) is 0 Å². The number of urea groups is 1. The first-order chi connectivity index (χ1) is 15.1. The summed E-state index contributed by atoms with van der Waals surface area (Å²) in [6.07, 6.45) is 2.84. The fraction of sp³-hybridized carbons (Fsp3) is 0.304. The number of nitrogens with zero attached hydrogens (tertiary/aromatic N) is 2. The van der Waals surface area contributed by atoms with E-state index in [4.69, 9.17) is 4.52 Å². The Morgan fingerprint density at radius 1 is 0.969 bits per heavy atom. The van der Waals surface area contributed by atoms with Gasteiger partial charge in [0.2, 0.25) is 5.91 Å². The van der Waals surface area contributed by atoms with Crippen LogP contribution in [0.1, 0.15) is 44.6 Å². The molecule has 0 saturated carbocycles. The van der Waals surface area contributed by atoms with Crippen molar-refractivity contribution in [3.8, 4) is 0 Å². The Morgan fingerprint density at radius 3 is 2.31 bits per heavy atom. The van der Waals surface area contributed by atoms with Gasteiger partial charge >= 0.3 is 6.03 Å². The number of aryl methyl sites for hydroxylation is 2. The van der Waals surface area contributed by atoms with Crippen LogP contribution < -0.4 is 16.0 Å². The molecule has 0 saturated heterocycles. The molecule has 0 aliphatic carbocycles. The number of rotatable bonds is 6. The van der Waals surface area contributed by atoms with Gasteiger partial charge < -0.3 is 15.2 Å². The number of hydrogen-bond donors (Lipinski definition) is 3. The molecule has 8 nitrogen and oxygen atoms in total. The van der Waals surface area contributed by atoms with Gasteiger partial charge in [0.1, 0.15) is 17.4 Å². The number of anilines is 3. The number of benzene rings is 1. The second-order valence-corrected chi connectivity index (χ2v) is 8.45. The third kappa shape index (κ3) is 6.37. The molecular formula is C23H26FN5O3. The van der Waals surface area contributed by atoms with Crippen molar-refractivity contribution in [2.75, 3.05) is 16.0 Å². The Bertz CT molecular complexity index is 1120. The quantitative estimate of drug-likeness (QED) is 0.506. The van der Waals surface area contributed by atoms with Crippen molar-refractivity contribution < 1.29 is 18.5 Å². The minimum absolute atomic E-state index is 0.0580. The van der Waals surface area contributed by atoms with E-state index in [0.29, 0.717) is 24.4 Å². The highest BCUT2D eigenvalue weighted by Crippen LogP contribution is 2.24. The molecule has 0 atom stereocenters. The maximum Gasteiger partial charge on any atom is 0.325 e. The first kappa shape index (κ1) is 22.9. The summed E-state index contributed by atoms with van der Waals surface area (Å²) in [5.74, 6) is 0.625. The van der Waals surface area contributed by atoms with Gasteiger partial charge in [-0.3, -0.25) is 10.1 Å². The van der Waals surface area contributed by atoms with Gasteiger partial charge in [0.05, 0.1) is 5.69 Å². The van der Waals surface area contributed by atoms with E-state index in [1.165, 1.54) is 19.1 Å². The van der Waals surface area contributed by atoms with Crippen molar-refractivity contribution in [3.63, 3.8) is 0 Å². The number of hydrogen-bond acceptors (Lipinski definition) is 5. The summed E-state index contributed by atoms with van der Waals surface area (Å²) in [5, 5.41) is 11.5. The normalized spacial score (nSPS) is 11.2. The van der Waals surface area contributed by atoms with E-state index < -0.39 is 11.8 Å². The van der Waals surface area contributed by atoms with Gasteiger partial charge in [-0.25, -0.2) is 14.2 Å². The van der Waals surface area contributed by atoms with Gasteiger partial charge in [-0.05, 0) is 48.2 Å². The second-order valence-electron chi connectivity index (χ2n) is 8.45. The molecule has 9 heteroatoms. The summed E-state index contributed by atoms with van der Waals surface area (Å²) < 4.78 is 19.7. The van der Waals surface area contributed by atoms with Gasteiger partial charge in [0.15, 0.2) is 5.82 Å². The largest absolute Gasteiger partial charge is 0.359 e. The number of nitrogens with one attached hydrogen (secondary N) is 3. The molecule has 3 rings (SSSR count). The minimum Gasteiger partial charge on any atom is -0.359 e. The molecule has 1 aromatic carbocycles. The molecule has 0 radical (unpaired) electrons. The summed E-state index contributed by atoms with van der Waals surface area (Å²) in [6.45, 7) is 7.31. The molecule has 0 aliphatic rings. The second kappa shape index (κ2) is 9.59. The van der Waals surface area contributed by atoms with Crippen LogP contribution in [0.15, 0.2) is 47.1 Å². The average molecular weight is 439 g/mol. The van der Waals surface area contributed by atoms with Crippen LogP contribution in [0.2, 0.25) is 0 Å². The van der Waals surface area contributed by atoms with Gasteiger partial charge in [-0.2, -0.15) is 0 Å². The first-order valence-electron chi connectivity index (χ1n) is 10.2. The predicted octanol–water partition coefficient (Wildman–Crippen LogP) is 4.89. The predicted molar refractivity (Wildman–Crippen MR) is 120 cm³/mol. The summed E-state index contributed by atoms with van der Waals surface area (Å²) in [6, 6.07) is 9.30. The van der Waals surface area contributed by atoms with Crippen molar-refractivity contribution in [2.24, 2.45) is 0 Å². The molecule has 2 heterocycles. The lowest BCUT2D eigenvalue weighted by Crippen LogP contribution is -2.20. The maximum atomic E-state index is 14.5. The fourth-order valence-corrected chi connectivity index (χ4v) is 2.94. The summed E-state index contributed by atoms with van der Waals surface area (Å²) >= 11 is 0. The lowest BCUT2D eigenvalue weighted by atomic mass is 9.93. The van der Waals surface area contributed by atoms with Crippen LogP contribution in [0.4, 0.5) is 26.5 Å². The number of pyridine rings is 1. The highest BCUT2D eigenvalue weighted by molar-refractivity contribution is 5.99. The molecule has 3 aromatic rings. The first-order valence-corrected chi connectivity index (χ1v) is 10.2. The molecule has 0 spiro atoms. The number of amides is 3. The molecule has 32 heavy (non-hydrogen) atoms. The van der Waals surface area contributed by atoms with Crippen LogP contribution in [0, 0.1) is 5.82 Å². The van der Waals surface area contributed by atoms with Crippen LogP contribution >= 0.6 is 0 Å². The minimum atomic E-state index is -0.618. The fourth-order valence-electron chi connectivity index (χ4n) is 2.94. The van der Waals surface area contributed by atoms with E-state index in [1.54, 1.807) is 24.4 Å². The number of carbonyl (C=O) groups excluding carboxylic acids is 2. The number of carbonyl (C=O) groups is 2. The van der Waals surface area contributed by atoms with E-state index in [9.17, 15) is 14.0 Å². The Morgan fingerprint density at radius 2 is 1.69 bits per heavy atom. The van der Waals surface area contributed by atoms with E-state index >= 15 is 0 Å². The van der Waals surface area contributed by atoms with E-state index in [1.807, 2.05) is 26.8 Å². The molecule has 168 valence electrons. The maximum absolute atomic E-state index is 14.5. The van der Waals surface area contributed by atoms with Crippen molar-refractivity contribution >= 4 is 29.3 Å². The zero-order valence-electron chi connectivity index (χ0n) is 18.5. The average Bonchev–Trinajstić information content (AvgIpc) is 3.17. The lowest BCUT2D eigenvalue weighted by molar-refractivity contribution is -0.114. The monoisotopic (exact) mass is 439 g/mol. The van der Waals surface area contributed by atoms with Crippen molar-refractivity contribution in [2.45, 2.75) is 46.0 Å². The Labute approximate surface area is 185 Å². The van der Waals surface area contributed by atoms with E-state index in [2.05, 4.69) is 26.1 Å². The summed E-state index contributed by atoms with van der Waals surface area (Å²) in [5.41, 5.74) is 1.56. The molecule has 2 aromatic heterocycles. The van der Waals surface area contributed by atoms with Gasteiger partial charge in [-0.15, -0.1) is 0 Å². The molecule has 0 aliphatic heterocycles. The van der Waals surface area contributed by atoms with Crippen LogP contribution in [-0.4, -0.2) is 22.1 Å². The number of halogens is 1. The molecule has 0 bridgehead atoms. The standard InChI is InChI=1S/C23H26FN5O3/c1-14(30)26-20-12-16(9-10-25-20)6-5-15-7-8-18(17(24)11-15)27-22(31)28-21-13-19(32-29-21)23(2,3)4/h7-13H,5-6H2,1-4H3,(H,25,26,30)(H2,27,28,29,31). The zero-order chi connectivity index (χ0) is 23.3. The zero-order valence-corrected chi connectivity index (χ0v) is 18.5. The third-order valence-corrected chi connectivity index (χ3v) is 4.60. The highest BCUT2D eigenvalue weighted by Gasteiger charge is 2.20. The van der Waals surface area contributed by atoms with Gasteiger partial charge in [0.25, 0.3) is 0 Å². The Hall–Kier alpha value is -3.75. The van der Waals surface area contributed by atoms with Gasteiger partial charge in [0, 0.05) is 24.6 Å². The molecule has 0 unspecified atom stereocenters. The van der Waals surface area contributed by atoms with Crippen LogP contribution in [-0.2, 0) is 23.1 Å². The number of aromatic nitrogens is 2.